The fourth-order valence-corrected chi connectivity index (χ4v) is 1.63. The molecule has 0 aromatic carbocycles. The van der Waals surface area contributed by atoms with E-state index in [0.29, 0.717) is 39.3 Å². The number of nitrogens with one attached hydrogen (secondary N) is 1. The molecule has 0 amide bonds. The lowest BCUT2D eigenvalue weighted by Gasteiger charge is -2.21. The van der Waals surface area contributed by atoms with Crippen LogP contribution < -0.4 is 5.32 Å². The quantitative estimate of drug-likeness (QED) is 0.626. The molecule has 2 N–H and O–H groups in total. The van der Waals surface area contributed by atoms with E-state index in [4.69, 9.17) is 9.47 Å². The molecule has 1 aliphatic rings. The Morgan fingerprint density at radius 3 is 3.00 bits per heavy atom. The number of ether oxygens (including phenoxy) is 2. The Morgan fingerprint density at radius 1 is 1.69 bits per heavy atom. The molecule has 0 saturated carbocycles. The van der Waals surface area contributed by atoms with E-state index >= 15 is 0 Å². The maximum absolute atomic E-state index is 11.3. The Morgan fingerprint density at radius 2 is 2.44 bits per heavy atom. The first-order valence-electron chi connectivity index (χ1n) is 5.75. The minimum Gasteiger partial charge on any atom is -0.466 e. The summed E-state index contributed by atoms with van der Waals surface area (Å²) in [6.45, 7) is 5.94. The standard InChI is InChI=1S/C11H21NO4/c1-3-16-10(13)9(2)6-12-7-11(14)4-5-15-8-11/h9,12,14H,3-8H2,1-2H3. The third kappa shape index (κ3) is 4.08. The molecule has 1 saturated heterocycles. The van der Waals surface area contributed by atoms with Crippen LogP contribution in [0, 0.1) is 5.92 Å². The van der Waals surface area contributed by atoms with Gasteiger partial charge in [-0.15, -0.1) is 0 Å². The summed E-state index contributed by atoms with van der Waals surface area (Å²) in [6, 6.07) is 0. The summed E-state index contributed by atoms with van der Waals surface area (Å²) in [5, 5.41) is 13.0. The summed E-state index contributed by atoms with van der Waals surface area (Å²) in [5.41, 5.74) is -0.769. The molecule has 0 spiro atoms. The van der Waals surface area contributed by atoms with Crippen LogP contribution in [0.1, 0.15) is 20.3 Å². The van der Waals surface area contributed by atoms with Crippen LogP contribution >= 0.6 is 0 Å². The molecule has 0 aliphatic carbocycles. The van der Waals surface area contributed by atoms with Crippen LogP contribution in [0.4, 0.5) is 0 Å². The van der Waals surface area contributed by atoms with Gasteiger partial charge in [-0.3, -0.25) is 4.79 Å². The van der Waals surface area contributed by atoms with Gasteiger partial charge in [-0.05, 0) is 6.92 Å². The van der Waals surface area contributed by atoms with Crippen LogP contribution in [-0.4, -0.2) is 49.6 Å². The third-order valence-electron chi connectivity index (χ3n) is 2.68. The van der Waals surface area contributed by atoms with Gasteiger partial charge in [0.1, 0.15) is 5.60 Å². The van der Waals surface area contributed by atoms with Crippen LogP contribution in [-0.2, 0) is 14.3 Å². The molecule has 5 nitrogen and oxygen atoms in total. The Balaban J connectivity index is 2.17. The Kier molecular flexibility index (Phi) is 5.18. The summed E-state index contributed by atoms with van der Waals surface area (Å²) < 4.78 is 10.0. The van der Waals surface area contributed by atoms with Crippen molar-refractivity contribution in [3.8, 4) is 0 Å². The molecular formula is C11H21NO4. The zero-order chi connectivity index (χ0) is 12.0. The fraction of sp³-hybridized carbons (Fsp3) is 0.909. The summed E-state index contributed by atoms with van der Waals surface area (Å²) in [7, 11) is 0. The Bertz CT molecular complexity index is 226. The maximum Gasteiger partial charge on any atom is 0.309 e. The van der Waals surface area contributed by atoms with Crippen molar-refractivity contribution in [2.24, 2.45) is 5.92 Å². The summed E-state index contributed by atoms with van der Waals surface area (Å²) in [4.78, 5) is 11.3. The van der Waals surface area contributed by atoms with Gasteiger partial charge in [-0.2, -0.15) is 0 Å². The van der Waals surface area contributed by atoms with Gasteiger partial charge in [0.15, 0.2) is 0 Å². The van der Waals surface area contributed by atoms with Gasteiger partial charge >= 0.3 is 5.97 Å². The van der Waals surface area contributed by atoms with E-state index in [2.05, 4.69) is 5.32 Å². The van der Waals surface area contributed by atoms with Crippen molar-refractivity contribution in [3.63, 3.8) is 0 Å². The van der Waals surface area contributed by atoms with Crippen molar-refractivity contribution < 1.29 is 19.4 Å². The highest BCUT2D eigenvalue weighted by atomic mass is 16.5. The monoisotopic (exact) mass is 231 g/mol. The minimum atomic E-state index is -0.769. The highest BCUT2D eigenvalue weighted by Gasteiger charge is 2.31. The maximum atomic E-state index is 11.3. The number of hydrogen-bond acceptors (Lipinski definition) is 5. The molecule has 0 bridgehead atoms. The van der Waals surface area contributed by atoms with Crippen molar-refractivity contribution in [2.75, 3.05) is 32.9 Å². The van der Waals surface area contributed by atoms with Crippen LogP contribution in [0.15, 0.2) is 0 Å². The molecule has 16 heavy (non-hydrogen) atoms. The second-order valence-corrected chi connectivity index (χ2v) is 4.31. The van der Waals surface area contributed by atoms with Crippen LogP contribution in [0.25, 0.3) is 0 Å². The molecule has 94 valence electrons. The third-order valence-corrected chi connectivity index (χ3v) is 2.68. The van der Waals surface area contributed by atoms with Gasteiger partial charge in [-0.1, -0.05) is 6.92 Å². The Labute approximate surface area is 96.1 Å². The first-order chi connectivity index (χ1) is 7.57. The van der Waals surface area contributed by atoms with Crippen LogP contribution in [0.3, 0.4) is 0 Å². The lowest BCUT2D eigenvalue weighted by Crippen LogP contribution is -2.43. The van der Waals surface area contributed by atoms with Crippen LogP contribution in [0.2, 0.25) is 0 Å². The number of aliphatic hydroxyl groups is 1. The lowest BCUT2D eigenvalue weighted by molar-refractivity contribution is -0.147. The van der Waals surface area contributed by atoms with E-state index in [-0.39, 0.29) is 11.9 Å². The van der Waals surface area contributed by atoms with Gasteiger partial charge in [0.05, 0.1) is 19.1 Å². The van der Waals surface area contributed by atoms with Crippen molar-refractivity contribution >= 4 is 5.97 Å². The van der Waals surface area contributed by atoms with Crippen molar-refractivity contribution in [2.45, 2.75) is 25.9 Å². The smallest absolute Gasteiger partial charge is 0.309 e. The van der Waals surface area contributed by atoms with Gasteiger partial charge in [-0.25, -0.2) is 0 Å². The second kappa shape index (κ2) is 6.18. The second-order valence-electron chi connectivity index (χ2n) is 4.31. The van der Waals surface area contributed by atoms with E-state index in [9.17, 15) is 9.90 Å². The molecule has 2 atom stereocenters. The van der Waals surface area contributed by atoms with E-state index in [1.807, 2.05) is 0 Å². The van der Waals surface area contributed by atoms with E-state index < -0.39 is 5.60 Å². The van der Waals surface area contributed by atoms with Crippen LogP contribution in [0.5, 0.6) is 0 Å². The number of rotatable bonds is 6. The molecule has 0 radical (unpaired) electrons. The normalized spacial score (nSPS) is 26.7. The predicted octanol–water partition coefficient (Wildman–Crippen LogP) is -0.0734. The summed E-state index contributed by atoms with van der Waals surface area (Å²) in [5.74, 6) is -0.393. The van der Waals surface area contributed by atoms with E-state index in [0.717, 1.165) is 0 Å². The molecule has 1 aliphatic heterocycles. The van der Waals surface area contributed by atoms with Gasteiger partial charge in [0, 0.05) is 26.1 Å². The molecule has 1 fully saturated rings. The molecule has 2 unspecified atom stereocenters. The highest BCUT2D eigenvalue weighted by Crippen LogP contribution is 2.16. The number of carbonyl (C=O) groups is 1. The largest absolute Gasteiger partial charge is 0.466 e. The van der Waals surface area contributed by atoms with Crippen molar-refractivity contribution in [1.82, 2.24) is 5.32 Å². The van der Waals surface area contributed by atoms with Crippen molar-refractivity contribution in [3.05, 3.63) is 0 Å². The molecule has 1 rings (SSSR count). The molecule has 1 heterocycles. The average molecular weight is 231 g/mol. The lowest BCUT2D eigenvalue weighted by atomic mass is 10.0. The fourth-order valence-electron chi connectivity index (χ4n) is 1.63. The molecule has 0 aromatic rings. The van der Waals surface area contributed by atoms with Gasteiger partial charge in [0.2, 0.25) is 0 Å². The first kappa shape index (κ1) is 13.4. The average Bonchev–Trinajstić information content (AvgIpc) is 2.65. The summed E-state index contributed by atoms with van der Waals surface area (Å²) in [6.07, 6.45) is 0.647. The first-order valence-corrected chi connectivity index (χ1v) is 5.75. The SMILES string of the molecule is CCOC(=O)C(C)CNCC1(O)CCOC1. The zero-order valence-electron chi connectivity index (χ0n) is 9.99. The predicted molar refractivity (Wildman–Crippen MR) is 59.1 cm³/mol. The molecular weight excluding hydrogens is 210 g/mol. The van der Waals surface area contributed by atoms with E-state index in [1.165, 1.54) is 0 Å². The van der Waals surface area contributed by atoms with Gasteiger partial charge in [0.25, 0.3) is 0 Å². The molecule has 5 heteroatoms. The summed E-state index contributed by atoms with van der Waals surface area (Å²) >= 11 is 0. The minimum absolute atomic E-state index is 0.189. The molecule has 0 aromatic heterocycles. The topological polar surface area (TPSA) is 67.8 Å². The highest BCUT2D eigenvalue weighted by molar-refractivity contribution is 5.72. The number of esters is 1. The number of hydrogen-bond donors (Lipinski definition) is 2. The van der Waals surface area contributed by atoms with Crippen molar-refractivity contribution in [1.29, 1.82) is 0 Å². The van der Waals surface area contributed by atoms with Gasteiger partial charge < -0.3 is 19.9 Å². The number of carbonyl (C=O) groups excluding carboxylic acids is 1. The Hall–Kier alpha value is -0.650. The van der Waals surface area contributed by atoms with E-state index in [1.54, 1.807) is 13.8 Å². The zero-order valence-corrected chi connectivity index (χ0v) is 9.99.